The predicted octanol–water partition coefficient (Wildman–Crippen LogP) is 4.06. The number of halogens is 1. The molecular weight excluding hydrogens is 302 g/mol. The van der Waals surface area contributed by atoms with Gasteiger partial charge in [-0.25, -0.2) is 9.78 Å². The van der Waals surface area contributed by atoms with Crippen molar-refractivity contribution in [3.05, 3.63) is 53.2 Å². The molecule has 1 saturated carbocycles. The van der Waals surface area contributed by atoms with Crippen LogP contribution >= 0.6 is 11.6 Å². The second-order valence-corrected chi connectivity index (χ2v) is 5.58. The summed E-state index contributed by atoms with van der Waals surface area (Å²) in [7, 11) is 0. The van der Waals surface area contributed by atoms with Crippen LogP contribution in [-0.4, -0.2) is 17.2 Å². The molecular formula is C16H16ClN3O2. The second kappa shape index (κ2) is 6.66. The summed E-state index contributed by atoms with van der Waals surface area (Å²) in [6, 6.07) is 11.2. The second-order valence-electron chi connectivity index (χ2n) is 5.15. The molecule has 1 aliphatic carbocycles. The third-order valence-electron chi connectivity index (χ3n) is 3.17. The molecule has 0 bridgehead atoms. The molecule has 0 atom stereocenters. The predicted molar refractivity (Wildman–Crippen MR) is 86.1 cm³/mol. The van der Waals surface area contributed by atoms with Crippen LogP contribution in [0, 0.1) is 0 Å². The van der Waals surface area contributed by atoms with Gasteiger partial charge in [-0.15, -0.1) is 0 Å². The molecule has 5 nitrogen and oxygen atoms in total. The van der Waals surface area contributed by atoms with Crippen molar-refractivity contribution >= 4 is 29.2 Å². The first-order valence-electron chi connectivity index (χ1n) is 7.11. The summed E-state index contributed by atoms with van der Waals surface area (Å²) >= 11 is 5.94. The van der Waals surface area contributed by atoms with Crippen LogP contribution in [0.25, 0.3) is 0 Å². The smallest absolute Gasteiger partial charge is 0.411 e. The summed E-state index contributed by atoms with van der Waals surface area (Å²) in [6.45, 7) is 0.629. The number of rotatable bonds is 5. The molecule has 0 spiro atoms. The van der Waals surface area contributed by atoms with Crippen LogP contribution in [0.15, 0.2) is 42.6 Å². The van der Waals surface area contributed by atoms with Crippen LogP contribution in [0.4, 0.5) is 16.3 Å². The van der Waals surface area contributed by atoms with Gasteiger partial charge in [-0.3, -0.25) is 5.32 Å². The fraction of sp³-hybridized carbons (Fsp3) is 0.250. The van der Waals surface area contributed by atoms with Crippen LogP contribution in [0.5, 0.6) is 0 Å². The summed E-state index contributed by atoms with van der Waals surface area (Å²) in [5.41, 5.74) is 1.68. The first kappa shape index (κ1) is 14.7. The molecule has 1 aromatic carbocycles. The molecule has 3 rings (SSSR count). The molecule has 2 N–H and O–H groups in total. The fourth-order valence-corrected chi connectivity index (χ4v) is 2.11. The molecule has 114 valence electrons. The van der Waals surface area contributed by atoms with Crippen LogP contribution in [0.1, 0.15) is 18.4 Å². The molecule has 1 aromatic heterocycles. The van der Waals surface area contributed by atoms with Crippen LogP contribution in [-0.2, 0) is 11.3 Å². The monoisotopic (exact) mass is 317 g/mol. The van der Waals surface area contributed by atoms with Gasteiger partial charge in [-0.05, 0) is 42.7 Å². The zero-order chi connectivity index (χ0) is 15.4. The highest BCUT2D eigenvalue weighted by Gasteiger charge is 2.25. The van der Waals surface area contributed by atoms with Crippen molar-refractivity contribution in [2.75, 3.05) is 10.6 Å². The van der Waals surface area contributed by atoms with Gasteiger partial charge in [0.15, 0.2) is 0 Å². The van der Waals surface area contributed by atoms with Crippen molar-refractivity contribution < 1.29 is 9.53 Å². The number of nitrogens with one attached hydrogen (secondary N) is 2. The maximum atomic E-state index is 11.5. The zero-order valence-electron chi connectivity index (χ0n) is 11.9. The fourth-order valence-electron chi connectivity index (χ4n) is 1.90. The molecule has 22 heavy (non-hydrogen) atoms. The lowest BCUT2D eigenvalue weighted by Crippen LogP contribution is -2.14. The Labute approximate surface area is 133 Å². The Hall–Kier alpha value is -2.27. The number of hydrogen-bond acceptors (Lipinski definition) is 4. The molecule has 1 amide bonds. The molecule has 0 aliphatic heterocycles. The lowest BCUT2D eigenvalue weighted by molar-refractivity contribution is 0.154. The normalized spacial score (nSPS) is 13.5. The van der Waals surface area contributed by atoms with Gasteiger partial charge in [0.05, 0.1) is 11.9 Å². The van der Waals surface area contributed by atoms with Crippen molar-refractivity contribution in [3.63, 3.8) is 0 Å². The number of carbonyl (C=O) groups excluding carboxylic acids is 1. The van der Waals surface area contributed by atoms with Crippen molar-refractivity contribution in [3.8, 4) is 0 Å². The van der Waals surface area contributed by atoms with E-state index in [1.54, 1.807) is 18.3 Å². The van der Waals surface area contributed by atoms with E-state index in [2.05, 4.69) is 15.6 Å². The average Bonchev–Trinajstić information content (AvgIpc) is 3.30. The minimum Gasteiger partial charge on any atom is -0.446 e. The number of anilines is 2. The van der Waals surface area contributed by atoms with Gasteiger partial charge >= 0.3 is 6.09 Å². The van der Waals surface area contributed by atoms with Gasteiger partial charge in [-0.1, -0.05) is 23.7 Å². The number of ether oxygens (including phenoxy) is 1. The number of amides is 1. The molecule has 0 radical (unpaired) electrons. The highest BCUT2D eigenvalue weighted by atomic mass is 35.5. The summed E-state index contributed by atoms with van der Waals surface area (Å²) in [5.74, 6) is 0.723. The van der Waals surface area contributed by atoms with Crippen LogP contribution in [0.2, 0.25) is 5.02 Å². The minimum absolute atomic E-state index is 0.0894. The Morgan fingerprint density at radius 3 is 2.86 bits per heavy atom. The van der Waals surface area contributed by atoms with Gasteiger partial charge in [0.2, 0.25) is 0 Å². The standard InChI is InChI=1S/C16H16ClN3O2/c17-12-3-1-2-11(8-12)9-18-15-7-4-13(10-19-15)20-16(21)22-14-5-6-14/h1-4,7-8,10,14H,5-6,9H2,(H,18,19)(H,20,21). The van der Waals surface area contributed by atoms with Crippen molar-refractivity contribution in [1.29, 1.82) is 0 Å². The van der Waals surface area contributed by atoms with E-state index in [0.29, 0.717) is 17.3 Å². The molecule has 0 unspecified atom stereocenters. The zero-order valence-corrected chi connectivity index (χ0v) is 12.6. The lowest BCUT2D eigenvalue weighted by Gasteiger charge is -2.08. The maximum Gasteiger partial charge on any atom is 0.411 e. The molecule has 1 heterocycles. The number of aromatic nitrogens is 1. The highest BCUT2D eigenvalue weighted by Crippen LogP contribution is 2.24. The van der Waals surface area contributed by atoms with E-state index in [-0.39, 0.29) is 6.10 Å². The molecule has 2 aromatic rings. The summed E-state index contributed by atoms with van der Waals surface area (Å²) in [5, 5.41) is 6.56. The van der Waals surface area contributed by atoms with Crippen molar-refractivity contribution in [2.45, 2.75) is 25.5 Å². The topological polar surface area (TPSA) is 63.2 Å². The molecule has 1 aliphatic rings. The Bertz CT molecular complexity index is 657. The van der Waals surface area contributed by atoms with Gasteiger partial charge in [0.25, 0.3) is 0 Å². The van der Waals surface area contributed by atoms with E-state index in [0.717, 1.165) is 24.2 Å². The Morgan fingerprint density at radius 1 is 1.32 bits per heavy atom. The first-order chi connectivity index (χ1) is 10.7. The van der Waals surface area contributed by atoms with E-state index < -0.39 is 6.09 Å². The number of pyridine rings is 1. The minimum atomic E-state index is -0.427. The third-order valence-corrected chi connectivity index (χ3v) is 3.41. The van der Waals surface area contributed by atoms with Crippen LogP contribution < -0.4 is 10.6 Å². The van der Waals surface area contributed by atoms with E-state index in [1.165, 1.54) is 0 Å². The number of hydrogen-bond donors (Lipinski definition) is 2. The first-order valence-corrected chi connectivity index (χ1v) is 7.49. The van der Waals surface area contributed by atoms with Gasteiger partial charge in [0.1, 0.15) is 11.9 Å². The van der Waals surface area contributed by atoms with E-state index >= 15 is 0 Å². The quantitative estimate of drug-likeness (QED) is 0.873. The summed E-state index contributed by atoms with van der Waals surface area (Å²) < 4.78 is 5.11. The van der Waals surface area contributed by atoms with Gasteiger partial charge < -0.3 is 10.1 Å². The molecule has 0 saturated heterocycles. The van der Waals surface area contributed by atoms with Crippen molar-refractivity contribution in [2.24, 2.45) is 0 Å². The van der Waals surface area contributed by atoms with Crippen LogP contribution in [0.3, 0.4) is 0 Å². The largest absolute Gasteiger partial charge is 0.446 e. The Morgan fingerprint density at radius 2 is 2.18 bits per heavy atom. The Kier molecular flexibility index (Phi) is 4.44. The van der Waals surface area contributed by atoms with E-state index in [9.17, 15) is 4.79 Å². The van der Waals surface area contributed by atoms with Gasteiger partial charge in [0, 0.05) is 11.6 Å². The summed E-state index contributed by atoms with van der Waals surface area (Å²) in [6.07, 6.45) is 3.17. The van der Waals surface area contributed by atoms with Gasteiger partial charge in [-0.2, -0.15) is 0 Å². The number of carbonyl (C=O) groups is 1. The SMILES string of the molecule is O=C(Nc1ccc(NCc2cccc(Cl)c2)nc1)OC1CC1. The third kappa shape index (κ3) is 4.36. The van der Waals surface area contributed by atoms with Crippen molar-refractivity contribution in [1.82, 2.24) is 4.98 Å². The molecule has 6 heteroatoms. The maximum absolute atomic E-state index is 11.5. The highest BCUT2D eigenvalue weighted by molar-refractivity contribution is 6.30. The average molecular weight is 318 g/mol. The summed E-state index contributed by atoms with van der Waals surface area (Å²) in [4.78, 5) is 15.8. The Balaban J connectivity index is 1.51. The molecule has 1 fully saturated rings. The number of nitrogens with zero attached hydrogens (tertiary/aromatic N) is 1. The van der Waals surface area contributed by atoms with E-state index in [1.807, 2.05) is 24.3 Å². The lowest BCUT2D eigenvalue weighted by atomic mass is 10.2. The van der Waals surface area contributed by atoms with E-state index in [4.69, 9.17) is 16.3 Å². The number of benzene rings is 1.